The van der Waals surface area contributed by atoms with E-state index in [0.717, 1.165) is 6.42 Å². The highest BCUT2D eigenvalue weighted by atomic mass is 79.9. The molecule has 8 heteroatoms. The Morgan fingerprint density at radius 1 is 0.957 bits per heavy atom. The molecule has 0 bridgehead atoms. The molecule has 1 aliphatic rings. The SMILES string of the molecule is O=S(=O)(Nc1ccc2c(c1)OCCCO2)c1cc(Br)ccc1Br. The van der Waals surface area contributed by atoms with Crippen molar-refractivity contribution >= 4 is 47.6 Å². The summed E-state index contributed by atoms with van der Waals surface area (Å²) in [6.07, 6.45) is 0.792. The van der Waals surface area contributed by atoms with Gasteiger partial charge in [-0.05, 0) is 46.3 Å². The summed E-state index contributed by atoms with van der Waals surface area (Å²) in [6.45, 7) is 1.13. The number of hydrogen-bond acceptors (Lipinski definition) is 4. The van der Waals surface area contributed by atoms with Crippen molar-refractivity contribution in [3.63, 3.8) is 0 Å². The van der Waals surface area contributed by atoms with Crippen molar-refractivity contribution in [2.45, 2.75) is 11.3 Å². The van der Waals surface area contributed by atoms with Crippen LogP contribution in [0.5, 0.6) is 11.5 Å². The summed E-state index contributed by atoms with van der Waals surface area (Å²) in [7, 11) is -3.73. The summed E-state index contributed by atoms with van der Waals surface area (Å²) in [6, 6.07) is 9.95. The lowest BCUT2D eigenvalue weighted by atomic mass is 10.3. The van der Waals surface area contributed by atoms with Gasteiger partial charge in [-0.1, -0.05) is 15.9 Å². The number of ether oxygens (including phenoxy) is 2. The van der Waals surface area contributed by atoms with Gasteiger partial charge in [-0.25, -0.2) is 8.42 Å². The molecule has 1 N–H and O–H groups in total. The Hall–Kier alpha value is -1.25. The Morgan fingerprint density at radius 2 is 1.70 bits per heavy atom. The van der Waals surface area contributed by atoms with Gasteiger partial charge in [0.05, 0.1) is 18.9 Å². The molecule has 0 saturated carbocycles. The topological polar surface area (TPSA) is 64.6 Å². The number of fused-ring (bicyclic) bond motifs is 1. The van der Waals surface area contributed by atoms with Crippen LogP contribution in [0.25, 0.3) is 0 Å². The van der Waals surface area contributed by atoms with E-state index in [1.807, 2.05) is 0 Å². The molecule has 1 aliphatic heterocycles. The van der Waals surface area contributed by atoms with Crippen molar-refractivity contribution in [3.05, 3.63) is 45.3 Å². The summed E-state index contributed by atoms with van der Waals surface area (Å²) in [5, 5.41) is 0. The minimum absolute atomic E-state index is 0.152. The molecule has 2 aromatic rings. The molecule has 0 aliphatic carbocycles. The fraction of sp³-hybridized carbons (Fsp3) is 0.200. The maximum Gasteiger partial charge on any atom is 0.263 e. The molecule has 0 atom stereocenters. The molecule has 0 radical (unpaired) electrons. The molecular formula is C15H13Br2NO4S. The van der Waals surface area contributed by atoms with E-state index in [1.54, 1.807) is 30.3 Å². The maximum absolute atomic E-state index is 12.6. The Kier molecular flexibility index (Phi) is 4.84. The van der Waals surface area contributed by atoms with Crippen molar-refractivity contribution < 1.29 is 17.9 Å². The van der Waals surface area contributed by atoms with Crippen molar-refractivity contribution in [2.24, 2.45) is 0 Å². The van der Waals surface area contributed by atoms with E-state index in [4.69, 9.17) is 9.47 Å². The minimum atomic E-state index is -3.73. The van der Waals surface area contributed by atoms with Crippen LogP contribution in [0.15, 0.2) is 50.2 Å². The quantitative estimate of drug-likeness (QED) is 0.743. The first-order valence-electron chi connectivity index (χ1n) is 6.83. The maximum atomic E-state index is 12.6. The summed E-state index contributed by atoms with van der Waals surface area (Å²) < 4.78 is 40.0. The standard InChI is InChI=1S/C15H13Br2NO4S/c16-10-2-4-12(17)15(8-10)23(19,20)18-11-3-5-13-14(9-11)22-7-1-6-21-13/h2-5,8-9,18H,1,6-7H2. The molecule has 1 heterocycles. The highest BCUT2D eigenvalue weighted by Gasteiger charge is 2.19. The lowest BCUT2D eigenvalue weighted by Crippen LogP contribution is -2.13. The van der Waals surface area contributed by atoms with Gasteiger partial charge in [0.15, 0.2) is 11.5 Å². The molecule has 2 aromatic carbocycles. The monoisotopic (exact) mass is 461 g/mol. The zero-order chi connectivity index (χ0) is 16.4. The van der Waals surface area contributed by atoms with E-state index in [2.05, 4.69) is 36.6 Å². The predicted octanol–water partition coefficient (Wildman–Crippen LogP) is 4.17. The molecule has 122 valence electrons. The Balaban J connectivity index is 1.92. The third-order valence-corrected chi connectivity index (χ3v) is 6.05. The number of halogens is 2. The highest BCUT2D eigenvalue weighted by Crippen LogP contribution is 2.34. The second kappa shape index (κ2) is 6.70. The van der Waals surface area contributed by atoms with Crippen LogP contribution in [-0.4, -0.2) is 21.6 Å². The van der Waals surface area contributed by atoms with Gasteiger partial charge in [-0.15, -0.1) is 0 Å². The summed E-state index contributed by atoms with van der Waals surface area (Å²) in [5.41, 5.74) is 0.418. The largest absolute Gasteiger partial charge is 0.490 e. The van der Waals surface area contributed by atoms with Crippen LogP contribution in [0, 0.1) is 0 Å². The third-order valence-electron chi connectivity index (χ3n) is 3.18. The number of sulfonamides is 1. The van der Waals surface area contributed by atoms with Crippen molar-refractivity contribution in [2.75, 3.05) is 17.9 Å². The molecule has 0 saturated heterocycles. The lowest BCUT2D eigenvalue weighted by molar-refractivity contribution is 0.297. The van der Waals surface area contributed by atoms with E-state index in [0.29, 0.717) is 39.3 Å². The lowest BCUT2D eigenvalue weighted by Gasteiger charge is -2.12. The number of rotatable bonds is 3. The number of anilines is 1. The van der Waals surface area contributed by atoms with Crippen LogP contribution in [-0.2, 0) is 10.0 Å². The van der Waals surface area contributed by atoms with Crippen molar-refractivity contribution in [3.8, 4) is 11.5 Å². The van der Waals surface area contributed by atoms with Gasteiger partial charge >= 0.3 is 0 Å². The second-order valence-corrected chi connectivity index (χ2v) is 8.31. The predicted molar refractivity (Wildman–Crippen MR) is 94.7 cm³/mol. The smallest absolute Gasteiger partial charge is 0.263 e. The van der Waals surface area contributed by atoms with Gasteiger partial charge in [0, 0.05) is 21.4 Å². The van der Waals surface area contributed by atoms with E-state index in [-0.39, 0.29) is 4.90 Å². The first-order valence-corrected chi connectivity index (χ1v) is 9.90. The second-order valence-electron chi connectivity index (χ2n) is 4.89. The minimum Gasteiger partial charge on any atom is -0.490 e. The molecule has 5 nitrogen and oxygen atoms in total. The zero-order valence-electron chi connectivity index (χ0n) is 11.9. The zero-order valence-corrected chi connectivity index (χ0v) is 15.9. The van der Waals surface area contributed by atoms with Gasteiger partial charge in [-0.3, -0.25) is 4.72 Å². The molecular weight excluding hydrogens is 450 g/mol. The van der Waals surface area contributed by atoms with Crippen LogP contribution in [0.1, 0.15) is 6.42 Å². The molecule has 23 heavy (non-hydrogen) atoms. The van der Waals surface area contributed by atoms with Crippen LogP contribution in [0.2, 0.25) is 0 Å². The Labute approximate surface area is 151 Å². The summed E-state index contributed by atoms with van der Waals surface area (Å²) in [5.74, 6) is 1.16. The third kappa shape index (κ3) is 3.81. The number of nitrogens with one attached hydrogen (secondary N) is 1. The highest BCUT2D eigenvalue weighted by molar-refractivity contribution is 9.11. The van der Waals surface area contributed by atoms with Gasteiger partial charge in [0.25, 0.3) is 10.0 Å². The van der Waals surface area contributed by atoms with Gasteiger partial charge in [0.2, 0.25) is 0 Å². The van der Waals surface area contributed by atoms with Crippen molar-refractivity contribution in [1.82, 2.24) is 0 Å². The van der Waals surface area contributed by atoms with Crippen LogP contribution >= 0.6 is 31.9 Å². The number of benzene rings is 2. The van der Waals surface area contributed by atoms with E-state index in [1.165, 1.54) is 6.07 Å². The summed E-state index contributed by atoms with van der Waals surface area (Å²) >= 11 is 6.55. The Bertz CT molecular complexity index is 839. The fourth-order valence-corrected chi connectivity index (χ4v) is 4.67. The molecule has 0 spiro atoms. The van der Waals surface area contributed by atoms with E-state index >= 15 is 0 Å². The van der Waals surface area contributed by atoms with Gasteiger partial charge < -0.3 is 9.47 Å². The molecule has 0 unspecified atom stereocenters. The average molecular weight is 463 g/mol. The molecule has 3 rings (SSSR count). The van der Waals surface area contributed by atoms with Crippen molar-refractivity contribution in [1.29, 1.82) is 0 Å². The Morgan fingerprint density at radius 3 is 2.48 bits per heavy atom. The first-order chi connectivity index (χ1) is 11.0. The summed E-state index contributed by atoms with van der Waals surface area (Å²) in [4.78, 5) is 0.152. The normalized spacial score (nSPS) is 14.2. The molecule has 0 aromatic heterocycles. The van der Waals surface area contributed by atoms with Crippen LogP contribution < -0.4 is 14.2 Å². The van der Waals surface area contributed by atoms with Crippen LogP contribution in [0.3, 0.4) is 0 Å². The first kappa shape index (κ1) is 16.6. The van der Waals surface area contributed by atoms with E-state index in [9.17, 15) is 8.42 Å². The number of hydrogen-bond donors (Lipinski definition) is 1. The van der Waals surface area contributed by atoms with Gasteiger partial charge in [-0.2, -0.15) is 0 Å². The average Bonchev–Trinajstić information content (AvgIpc) is 2.74. The molecule has 0 fully saturated rings. The fourth-order valence-electron chi connectivity index (χ4n) is 2.12. The van der Waals surface area contributed by atoms with Gasteiger partial charge in [0.1, 0.15) is 4.90 Å². The van der Waals surface area contributed by atoms with E-state index < -0.39 is 10.0 Å². The van der Waals surface area contributed by atoms with Crippen LogP contribution in [0.4, 0.5) is 5.69 Å². The molecule has 0 amide bonds.